The summed E-state index contributed by atoms with van der Waals surface area (Å²) in [4.78, 5) is 26.6. The molecule has 0 aromatic heterocycles. The van der Waals surface area contributed by atoms with Crippen LogP contribution in [0, 0.1) is 0 Å². The number of hydrogen-bond acceptors (Lipinski definition) is 3. The molecule has 1 unspecified atom stereocenters. The minimum atomic E-state index is -0.195. The van der Waals surface area contributed by atoms with E-state index in [0.29, 0.717) is 17.7 Å². The van der Waals surface area contributed by atoms with Crippen LogP contribution in [0.1, 0.15) is 46.9 Å². The molecule has 1 aliphatic heterocycles. The third-order valence-corrected chi connectivity index (χ3v) is 4.34. The zero-order valence-corrected chi connectivity index (χ0v) is 12.7. The van der Waals surface area contributed by atoms with E-state index in [4.69, 9.17) is 5.73 Å². The highest BCUT2D eigenvalue weighted by atomic mass is 16.2. The van der Waals surface area contributed by atoms with Crippen molar-refractivity contribution in [1.29, 1.82) is 0 Å². The van der Waals surface area contributed by atoms with E-state index in [1.54, 1.807) is 12.1 Å². The van der Waals surface area contributed by atoms with E-state index in [0.717, 1.165) is 30.0 Å². The average Bonchev–Trinajstić information content (AvgIpc) is 2.55. The number of nitrogens with zero attached hydrogens (tertiary/aromatic N) is 1. The van der Waals surface area contributed by atoms with Gasteiger partial charge >= 0.3 is 0 Å². The molecule has 0 aliphatic carbocycles. The van der Waals surface area contributed by atoms with Crippen molar-refractivity contribution >= 4 is 22.6 Å². The SMILES string of the molecule is CCC(N)CCCN1C(=O)c2cccc3cccc(c23)C1=O. The topological polar surface area (TPSA) is 63.4 Å². The number of carbonyl (C=O) groups is 2. The van der Waals surface area contributed by atoms with Gasteiger partial charge in [0.05, 0.1) is 0 Å². The minimum absolute atomic E-state index is 0.130. The van der Waals surface area contributed by atoms with E-state index < -0.39 is 0 Å². The molecule has 0 saturated carbocycles. The highest BCUT2D eigenvalue weighted by Gasteiger charge is 2.32. The van der Waals surface area contributed by atoms with Gasteiger partial charge in [-0.05, 0) is 36.8 Å². The molecule has 0 fully saturated rings. The predicted molar refractivity (Wildman–Crippen MR) is 86.8 cm³/mol. The summed E-state index contributed by atoms with van der Waals surface area (Å²) < 4.78 is 0. The molecule has 4 nitrogen and oxygen atoms in total. The Labute approximate surface area is 129 Å². The van der Waals surface area contributed by atoms with Crippen LogP contribution in [0.25, 0.3) is 10.8 Å². The maximum absolute atomic E-state index is 12.6. The molecule has 0 spiro atoms. The van der Waals surface area contributed by atoms with Crippen LogP contribution in [0.5, 0.6) is 0 Å². The molecule has 2 aromatic carbocycles. The molecular formula is C18H20N2O2. The molecule has 114 valence electrons. The van der Waals surface area contributed by atoms with Gasteiger partial charge in [-0.1, -0.05) is 31.2 Å². The monoisotopic (exact) mass is 296 g/mol. The molecule has 2 aromatic rings. The van der Waals surface area contributed by atoms with Gasteiger partial charge in [-0.25, -0.2) is 0 Å². The molecule has 22 heavy (non-hydrogen) atoms. The Morgan fingerprint density at radius 2 is 1.64 bits per heavy atom. The first kappa shape index (κ1) is 14.7. The number of hydrogen-bond donors (Lipinski definition) is 1. The molecule has 0 saturated heterocycles. The van der Waals surface area contributed by atoms with E-state index in [9.17, 15) is 9.59 Å². The first-order chi connectivity index (χ1) is 10.6. The molecule has 1 atom stereocenters. The summed E-state index contributed by atoms with van der Waals surface area (Å²) in [5, 5.41) is 1.71. The van der Waals surface area contributed by atoms with E-state index >= 15 is 0 Å². The Hall–Kier alpha value is -2.20. The van der Waals surface area contributed by atoms with Crippen LogP contribution in [0.2, 0.25) is 0 Å². The fourth-order valence-electron chi connectivity index (χ4n) is 3.00. The van der Waals surface area contributed by atoms with Gasteiger partial charge in [-0.15, -0.1) is 0 Å². The van der Waals surface area contributed by atoms with Gasteiger partial charge in [0.25, 0.3) is 11.8 Å². The van der Waals surface area contributed by atoms with Gasteiger partial charge in [-0.2, -0.15) is 0 Å². The van der Waals surface area contributed by atoms with Crippen molar-refractivity contribution < 1.29 is 9.59 Å². The van der Waals surface area contributed by atoms with Crippen molar-refractivity contribution in [3.05, 3.63) is 47.5 Å². The third-order valence-electron chi connectivity index (χ3n) is 4.34. The Morgan fingerprint density at radius 3 is 2.18 bits per heavy atom. The summed E-state index contributed by atoms with van der Waals surface area (Å²) in [6.45, 7) is 2.47. The summed E-state index contributed by atoms with van der Waals surface area (Å²) in [5.74, 6) is -0.390. The average molecular weight is 296 g/mol. The van der Waals surface area contributed by atoms with Crippen molar-refractivity contribution in [1.82, 2.24) is 4.90 Å². The molecule has 4 heteroatoms. The van der Waals surface area contributed by atoms with E-state index in [1.165, 1.54) is 4.90 Å². The van der Waals surface area contributed by atoms with Gasteiger partial charge in [0.1, 0.15) is 0 Å². The molecule has 2 amide bonds. The Kier molecular flexibility index (Phi) is 3.94. The van der Waals surface area contributed by atoms with Gasteiger partial charge in [0.2, 0.25) is 0 Å². The standard InChI is InChI=1S/C18H20N2O2/c1-2-13(19)8-5-11-20-17(21)14-9-3-6-12-7-4-10-15(16(12)14)18(20)22/h3-4,6-7,9-10,13H,2,5,8,11,19H2,1H3. The molecule has 3 rings (SSSR count). The van der Waals surface area contributed by atoms with Crippen LogP contribution < -0.4 is 5.73 Å². The summed E-state index contributed by atoms with van der Waals surface area (Å²) in [6.07, 6.45) is 2.47. The fourth-order valence-corrected chi connectivity index (χ4v) is 3.00. The zero-order chi connectivity index (χ0) is 15.7. The van der Waals surface area contributed by atoms with Crippen molar-refractivity contribution in [2.45, 2.75) is 32.2 Å². The lowest BCUT2D eigenvalue weighted by Gasteiger charge is -2.27. The van der Waals surface area contributed by atoms with E-state index in [2.05, 4.69) is 0 Å². The predicted octanol–water partition coefficient (Wildman–Crippen LogP) is 2.95. The highest BCUT2D eigenvalue weighted by molar-refractivity contribution is 6.25. The van der Waals surface area contributed by atoms with Crippen molar-refractivity contribution in [2.75, 3.05) is 6.54 Å². The van der Waals surface area contributed by atoms with Crippen LogP contribution in [0.3, 0.4) is 0 Å². The summed E-state index contributed by atoms with van der Waals surface area (Å²) in [6, 6.07) is 11.3. The molecule has 1 aliphatic rings. The van der Waals surface area contributed by atoms with Crippen LogP contribution in [0.4, 0.5) is 0 Å². The first-order valence-corrected chi connectivity index (χ1v) is 7.77. The molecule has 1 heterocycles. The third kappa shape index (κ3) is 2.40. The molecule has 2 N–H and O–H groups in total. The Bertz CT molecular complexity index is 688. The largest absolute Gasteiger partial charge is 0.328 e. The summed E-state index contributed by atoms with van der Waals surface area (Å²) in [7, 11) is 0. The van der Waals surface area contributed by atoms with Crippen molar-refractivity contribution in [3.8, 4) is 0 Å². The number of amides is 2. The summed E-state index contributed by atoms with van der Waals surface area (Å²) in [5.41, 5.74) is 7.14. The van der Waals surface area contributed by atoms with E-state index in [1.807, 2.05) is 31.2 Å². The minimum Gasteiger partial charge on any atom is -0.328 e. The Morgan fingerprint density at radius 1 is 1.05 bits per heavy atom. The van der Waals surface area contributed by atoms with Gasteiger partial charge in [0, 0.05) is 29.1 Å². The zero-order valence-electron chi connectivity index (χ0n) is 12.7. The normalized spacial score (nSPS) is 15.5. The quantitative estimate of drug-likeness (QED) is 0.863. The second kappa shape index (κ2) is 5.89. The smallest absolute Gasteiger partial charge is 0.261 e. The molecule has 0 bridgehead atoms. The van der Waals surface area contributed by atoms with Crippen LogP contribution in [-0.2, 0) is 0 Å². The second-order valence-corrected chi connectivity index (χ2v) is 5.78. The second-order valence-electron chi connectivity index (χ2n) is 5.78. The first-order valence-electron chi connectivity index (χ1n) is 7.77. The van der Waals surface area contributed by atoms with Crippen molar-refractivity contribution in [3.63, 3.8) is 0 Å². The Balaban J connectivity index is 1.91. The lowest BCUT2D eigenvalue weighted by molar-refractivity contribution is 0.0607. The number of imide groups is 1. The number of carbonyl (C=O) groups excluding carboxylic acids is 2. The number of nitrogens with two attached hydrogens (primary N) is 1. The number of rotatable bonds is 5. The molecule has 0 radical (unpaired) electrons. The van der Waals surface area contributed by atoms with Crippen LogP contribution in [-0.4, -0.2) is 29.3 Å². The lowest BCUT2D eigenvalue weighted by atomic mass is 9.94. The van der Waals surface area contributed by atoms with Crippen LogP contribution >= 0.6 is 0 Å². The fraction of sp³-hybridized carbons (Fsp3) is 0.333. The summed E-state index contributed by atoms with van der Waals surface area (Å²) >= 11 is 0. The van der Waals surface area contributed by atoms with Gasteiger partial charge in [0.15, 0.2) is 0 Å². The maximum Gasteiger partial charge on any atom is 0.261 e. The van der Waals surface area contributed by atoms with Gasteiger partial charge in [-0.3, -0.25) is 14.5 Å². The lowest BCUT2D eigenvalue weighted by Crippen LogP contribution is -2.41. The molecular weight excluding hydrogens is 276 g/mol. The highest BCUT2D eigenvalue weighted by Crippen LogP contribution is 2.30. The number of benzene rings is 2. The van der Waals surface area contributed by atoms with Crippen molar-refractivity contribution in [2.24, 2.45) is 5.73 Å². The van der Waals surface area contributed by atoms with E-state index in [-0.39, 0.29) is 17.9 Å². The maximum atomic E-state index is 12.6. The van der Waals surface area contributed by atoms with Crippen LogP contribution in [0.15, 0.2) is 36.4 Å². The van der Waals surface area contributed by atoms with Gasteiger partial charge < -0.3 is 5.73 Å².